The Kier molecular flexibility index (Phi) is 14.6. The zero-order valence-corrected chi connectivity index (χ0v) is 18.2. The molecule has 0 aliphatic rings. The fraction of sp³-hybridized carbons (Fsp3) is 0.611. The lowest BCUT2D eigenvalue weighted by Crippen LogP contribution is -2.37. The number of guanidine groups is 1. The van der Waals surface area contributed by atoms with Gasteiger partial charge in [-0.1, -0.05) is 18.2 Å². The van der Waals surface area contributed by atoms with Crippen molar-refractivity contribution in [1.82, 2.24) is 15.5 Å². The highest BCUT2D eigenvalue weighted by Gasteiger charge is 2.04. The smallest absolute Gasteiger partial charge is 0.191 e. The van der Waals surface area contributed by atoms with Crippen LogP contribution in [-0.4, -0.2) is 64.9 Å². The average Bonchev–Trinajstić information content (AvgIpc) is 2.58. The Labute approximate surface area is 169 Å². The normalized spacial score (nSPS) is 11.2. The summed E-state index contributed by atoms with van der Waals surface area (Å²) in [6.07, 6.45) is 0.957. The Morgan fingerprint density at radius 1 is 1.16 bits per heavy atom. The molecule has 144 valence electrons. The first-order chi connectivity index (χ1) is 11.7. The van der Waals surface area contributed by atoms with Gasteiger partial charge in [-0.15, -0.1) is 24.0 Å². The van der Waals surface area contributed by atoms with E-state index in [0.29, 0.717) is 13.2 Å². The second-order valence-electron chi connectivity index (χ2n) is 5.66. The van der Waals surface area contributed by atoms with Crippen molar-refractivity contribution in [3.63, 3.8) is 0 Å². The van der Waals surface area contributed by atoms with Crippen molar-refractivity contribution in [1.29, 1.82) is 0 Å². The fourth-order valence-electron chi connectivity index (χ4n) is 2.05. The van der Waals surface area contributed by atoms with Gasteiger partial charge in [-0.2, -0.15) is 0 Å². The summed E-state index contributed by atoms with van der Waals surface area (Å²) in [5, 5.41) is 6.61. The molecule has 2 N–H and O–H groups in total. The van der Waals surface area contributed by atoms with Crippen LogP contribution in [-0.2, 0) is 11.3 Å². The van der Waals surface area contributed by atoms with Crippen molar-refractivity contribution in [2.24, 2.45) is 4.99 Å². The molecule has 0 unspecified atom stereocenters. The van der Waals surface area contributed by atoms with E-state index < -0.39 is 0 Å². The van der Waals surface area contributed by atoms with Crippen LogP contribution in [0.1, 0.15) is 18.9 Å². The summed E-state index contributed by atoms with van der Waals surface area (Å²) in [7, 11) is 5.85. The number of hydrogen-bond donors (Lipinski definition) is 2. The summed E-state index contributed by atoms with van der Waals surface area (Å²) in [4.78, 5) is 6.35. The van der Waals surface area contributed by atoms with E-state index in [1.54, 1.807) is 7.05 Å². The number of para-hydroxylation sites is 1. The van der Waals surface area contributed by atoms with Gasteiger partial charge >= 0.3 is 0 Å². The van der Waals surface area contributed by atoms with Gasteiger partial charge in [-0.3, -0.25) is 4.99 Å². The maximum atomic E-state index is 5.88. The van der Waals surface area contributed by atoms with E-state index in [0.717, 1.165) is 50.0 Å². The molecule has 7 heteroatoms. The predicted octanol–water partition coefficient (Wildman–Crippen LogP) is 2.34. The maximum absolute atomic E-state index is 5.88. The van der Waals surface area contributed by atoms with Crippen LogP contribution in [0.5, 0.6) is 5.75 Å². The topological polar surface area (TPSA) is 58.1 Å². The molecule has 0 amide bonds. The fourth-order valence-corrected chi connectivity index (χ4v) is 2.05. The molecular weight excluding hydrogens is 431 g/mol. The van der Waals surface area contributed by atoms with Crippen molar-refractivity contribution in [2.45, 2.75) is 19.9 Å². The van der Waals surface area contributed by atoms with Gasteiger partial charge in [0.25, 0.3) is 0 Å². The minimum absolute atomic E-state index is 0. The molecular formula is C18H33IN4O2. The van der Waals surface area contributed by atoms with Crippen molar-refractivity contribution in [2.75, 3.05) is 54.1 Å². The lowest BCUT2D eigenvalue weighted by atomic mass is 10.2. The minimum Gasteiger partial charge on any atom is -0.492 e. The van der Waals surface area contributed by atoms with E-state index >= 15 is 0 Å². The zero-order chi connectivity index (χ0) is 17.6. The molecule has 0 aliphatic heterocycles. The highest BCUT2D eigenvalue weighted by molar-refractivity contribution is 14.0. The molecule has 0 saturated carbocycles. The molecule has 1 aromatic carbocycles. The van der Waals surface area contributed by atoms with E-state index in [9.17, 15) is 0 Å². The second-order valence-corrected chi connectivity index (χ2v) is 5.66. The highest BCUT2D eigenvalue weighted by Crippen LogP contribution is 2.17. The lowest BCUT2D eigenvalue weighted by molar-refractivity contribution is 0.145. The molecule has 6 nitrogen and oxygen atoms in total. The van der Waals surface area contributed by atoms with E-state index in [4.69, 9.17) is 9.47 Å². The van der Waals surface area contributed by atoms with Crippen LogP contribution in [0.25, 0.3) is 0 Å². The molecule has 0 atom stereocenters. The Balaban J connectivity index is 0.00000576. The molecule has 0 fully saturated rings. The molecule has 0 spiro atoms. The monoisotopic (exact) mass is 464 g/mol. The number of nitrogens with one attached hydrogen (secondary N) is 2. The Bertz CT molecular complexity index is 484. The van der Waals surface area contributed by atoms with Crippen LogP contribution >= 0.6 is 24.0 Å². The van der Waals surface area contributed by atoms with Crippen molar-refractivity contribution < 1.29 is 9.47 Å². The molecule has 1 aromatic rings. The first-order valence-electron chi connectivity index (χ1n) is 8.55. The number of ether oxygens (including phenoxy) is 2. The van der Waals surface area contributed by atoms with Gasteiger partial charge in [0.1, 0.15) is 12.4 Å². The lowest BCUT2D eigenvalue weighted by Gasteiger charge is -2.16. The number of likely N-dealkylation sites (N-methyl/N-ethyl adjacent to an activating group) is 1. The van der Waals surface area contributed by atoms with Gasteiger partial charge in [0.05, 0.1) is 0 Å². The van der Waals surface area contributed by atoms with E-state index in [1.807, 2.05) is 39.2 Å². The molecule has 25 heavy (non-hydrogen) atoms. The SMILES string of the molecule is CCOCCCNC(=NC)NCc1ccccc1OCCN(C)C.I. The summed E-state index contributed by atoms with van der Waals surface area (Å²) < 4.78 is 11.2. The van der Waals surface area contributed by atoms with Crippen molar-refractivity contribution >= 4 is 29.9 Å². The van der Waals surface area contributed by atoms with Gasteiger partial charge < -0.3 is 25.0 Å². The first-order valence-corrected chi connectivity index (χ1v) is 8.55. The van der Waals surface area contributed by atoms with Crippen LogP contribution in [0.15, 0.2) is 29.3 Å². The third-order valence-electron chi connectivity index (χ3n) is 3.40. The van der Waals surface area contributed by atoms with Crippen LogP contribution in [0, 0.1) is 0 Å². The predicted molar refractivity (Wildman–Crippen MR) is 115 cm³/mol. The summed E-state index contributed by atoms with van der Waals surface area (Å²) in [5.41, 5.74) is 1.12. The average molecular weight is 464 g/mol. The number of halogens is 1. The largest absolute Gasteiger partial charge is 0.492 e. The van der Waals surface area contributed by atoms with Crippen molar-refractivity contribution in [3.05, 3.63) is 29.8 Å². The number of benzene rings is 1. The minimum atomic E-state index is 0. The number of aliphatic imine (C=N–C) groups is 1. The second kappa shape index (κ2) is 15.2. The number of rotatable bonds is 11. The quantitative estimate of drug-likeness (QED) is 0.228. The summed E-state index contributed by atoms with van der Waals surface area (Å²) in [6.45, 7) is 6.61. The van der Waals surface area contributed by atoms with Crippen molar-refractivity contribution in [3.8, 4) is 5.75 Å². The van der Waals surface area contributed by atoms with E-state index in [2.05, 4.69) is 26.6 Å². The molecule has 0 bridgehead atoms. The van der Waals surface area contributed by atoms with Gasteiger partial charge in [0.15, 0.2) is 5.96 Å². The van der Waals surface area contributed by atoms with Gasteiger partial charge in [-0.25, -0.2) is 0 Å². The van der Waals surface area contributed by atoms with Crippen LogP contribution in [0.2, 0.25) is 0 Å². The van der Waals surface area contributed by atoms with Crippen LogP contribution in [0.4, 0.5) is 0 Å². The van der Waals surface area contributed by atoms with E-state index in [-0.39, 0.29) is 24.0 Å². The molecule has 0 aromatic heterocycles. The zero-order valence-electron chi connectivity index (χ0n) is 15.9. The Morgan fingerprint density at radius 2 is 1.92 bits per heavy atom. The third-order valence-corrected chi connectivity index (χ3v) is 3.40. The summed E-state index contributed by atoms with van der Waals surface area (Å²) in [6, 6.07) is 8.09. The Hall–Kier alpha value is -1.06. The number of nitrogens with zero attached hydrogens (tertiary/aromatic N) is 2. The maximum Gasteiger partial charge on any atom is 0.191 e. The molecule has 1 rings (SSSR count). The Morgan fingerprint density at radius 3 is 2.60 bits per heavy atom. The third kappa shape index (κ3) is 11.2. The van der Waals surface area contributed by atoms with Crippen LogP contribution < -0.4 is 15.4 Å². The van der Waals surface area contributed by atoms with Gasteiger partial charge in [0.2, 0.25) is 0 Å². The number of hydrogen-bond acceptors (Lipinski definition) is 4. The van der Waals surface area contributed by atoms with Gasteiger partial charge in [-0.05, 0) is 33.5 Å². The molecule has 0 radical (unpaired) electrons. The van der Waals surface area contributed by atoms with Crippen LogP contribution in [0.3, 0.4) is 0 Å². The summed E-state index contributed by atoms with van der Waals surface area (Å²) in [5.74, 6) is 1.70. The van der Waals surface area contributed by atoms with Gasteiger partial charge in [0, 0.05) is 45.5 Å². The summed E-state index contributed by atoms with van der Waals surface area (Å²) >= 11 is 0. The van der Waals surface area contributed by atoms with E-state index in [1.165, 1.54) is 0 Å². The molecule has 0 heterocycles. The molecule has 0 saturated heterocycles. The standard InChI is InChI=1S/C18H32N4O2.HI/c1-5-23-13-8-11-20-18(19-2)21-15-16-9-6-7-10-17(16)24-14-12-22(3)4;/h6-7,9-10H,5,8,11-15H2,1-4H3,(H2,19,20,21);1H. The molecule has 0 aliphatic carbocycles. The first kappa shape index (κ1) is 23.9. The highest BCUT2D eigenvalue weighted by atomic mass is 127.